The molecule has 1 aromatic carbocycles. The number of alkyl halides is 1. The lowest BCUT2D eigenvalue weighted by Gasteiger charge is -2.20. The van der Waals surface area contributed by atoms with E-state index in [1.807, 2.05) is 18.2 Å². The highest BCUT2D eigenvalue weighted by atomic mass is 35.5. The minimum atomic E-state index is 0.203. The number of hydrogen-bond acceptors (Lipinski definition) is 2. The molecule has 84 valence electrons. The van der Waals surface area contributed by atoms with E-state index in [0.29, 0.717) is 12.4 Å². The predicted octanol–water partition coefficient (Wildman–Crippen LogP) is 2.11. The van der Waals surface area contributed by atoms with Crippen molar-refractivity contribution < 1.29 is 5.11 Å². The van der Waals surface area contributed by atoms with Crippen molar-refractivity contribution in [2.45, 2.75) is 13.0 Å². The highest BCUT2D eigenvalue weighted by molar-refractivity contribution is 6.17. The molecular weight excluding hydrogens is 210 g/mol. The average Bonchev–Trinajstić information content (AvgIpc) is 2.28. The van der Waals surface area contributed by atoms with Crippen LogP contribution in [0.3, 0.4) is 0 Å². The van der Waals surface area contributed by atoms with Gasteiger partial charge in [0.1, 0.15) is 0 Å². The second-order valence-electron chi connectivity index (χ2n) is 3.53. The Morgan fingerprint density at radius 1 is 1.13 bits per heavy atom. The summed E-state index contributed by atoms with van der Waals surface area (Å²) in [5.41, 5.74) is 1.28. The lowest BCUT2D eigenvalue weighted by Crippen LogP contribution is -2.27. The molecule has 0 aromatic heterocycles. The number of aliphatic hydroxyl groups excluding tert-OH is 1. The van der Waals surface area contributed by atoms with Crippen LogP contribution in [0.25, 0.3) is 0 Å². The third kappa shape index (κ3) is 5.17. The minimum absolute atomic E-state index is 0.203. The van der Waals surface area contributed by atoms with Gasteiger partial charge in [0, 0.05) is 19.0 Å². The van der Waals surface area contributed by atoms with Gasteiger partial charge in [0.15, 0.2) is 0 Å². The number of halogens is 1. The minimum Gasteiger partial charge on any atom is -0.395 e. The molecule has 0 radical (unpaired) electrons. The van der Waals surface area contributed by atoms with E-state index in [1.54, 1.807) is 0 Å². The SMILES string of the molecule is OCCN(CCCCl)Cc1ccccc1. The Balaban J connectivity index is 2.43. The van der Waals surface area contributed by atoms with Crippen LogP contribution in [0.15, 0.2) is 30.3 Å². The van der Waals surface area contributed by atoms with Crippen LogP contribution in [0.1, 0.15) is 12.0 Å². The van der Waals surface area contributed by atoms with E-state index in [4.69, 9.17) is 16.7 Å². The van der Waals surface area contributed by atoms with Crippen molar-refractivity contribution in [1.29, 1.82) is 0 Å². The Labute approximate surface area is 96.5 Å². The largest absolute Gasteiger partial charge is 0.395 e. The maximum atomic E-state index is 8.94. The van der Waals surface area contributed by atoms with E-state index in [9.17, 15) is 0 Å². The second-order valence-corrected chi connectivity index (χ2v) is 3.91. The molecular formula is C12H18ClNO. The van der Waals surface area contributed by atoms with E-state index in [2.05, 4.69) is 17.0 Å². The molecule has 0 amide bonds. The van der Waals surface area contributed by atoms with Crippen molar-refractivity contribution in [3.63, 3.8) is 0 Å². The van der Waals surface area contributed by atoms with Crippen LogP contribution in [0.2, 0.25) is 0 Å². The number of hydrogen-bond donors (Lipinski definition) is 1. The van der Waals surface area contributed by atoms with Gasteiger partial charge in [-0.15, -0.1) is 11.6 Å². The number of aliphatic hydroxyl groups is 1. The molecule has 0 atom stereocenters. The Morgan fingerprint density at radius 2 is 1.87 bits per heavy atom. The van der Waals surface area contributed by atoms with Gasteiger partial charge in [0.05, 0.1) is 6.61 Å². The van der Waals surface area contributed by atoms with Crippen LogP contribution in [0, 0.1) is 0 Å². The van der Waals surface area contributed by atoms with E-state index < -0.39 is 0 Å². The first kappa shape index (κ1) is 12.5. The standard InChI is InChI=1S/C12H18ClNO/c13-7-4-8-14(9-10-15)11-12-5-2-1-3-6-12/h1-3,5-6,15H,4,7-11H2. The van der Waals surface area contributed by atoms with Crippen molar-refractivity contribution in [2.75, 3.05) is 25.6 Å². The Hall–Kier alpha value is -0.570. The normalized spacial score (nSPS) is 10.9. The molecule has 1 aromatic rings. The molecule has 1 N–H and O–H groups in total. The average molecular weight is 228 g/mol. The van der Waals surface area contributed by atoms with Gasteiger partial charge >= 0.3 is 0 Å². The van der Waals surface area contributed by atoms with Gasteiger partial charge in [-0.05, 0) is 18.5 Å². The van der Waals surface area contributed by atoms with Crippen molar-refractivity contribution >= 4 is 11.6 Å². The molecule has 0 saturated heterocycles. The zero-order chi connectivity index (χ0) is 10.9. The summed E-state index contributed by atoms with van der Waals surface area (Å²) in [7, 11) is 0. The molecule has 0 fully saturated rings. The summed E-state index contributed by atoms with van der Waals surface area (Å²) in [5.74, 6) is 0.677. The zero-order valence-corrected chi connectivity index (χ0v) is 9.66. The van der Waals surface area contributed by atoms with Crippen molar-refractivity contribution in [3.05, 3.63) is 35.9 Å². The Kier molecular flexibility index (Phi) is 6.41. The molecule has 15 heavy (non-hydrogen) atoms. The summed E-state index contributed by atoms with van der Waals surface area (Å²) in [6.45, 7) is 2.75. The van der Waals surface area contributed by atoms with Crippen LogP contribution in [0.4, 0.5) is 0 Å². The lowest BCUT2D eigenvalue weighted by atomic mass is 10.2. The quantitative estimate of drug-likeness (QED) is 0.722. The molecule has 2 nitrogen and oxygen atoms in total. The maximum absolute atomic E-state index is 8.94. The summed E-state index contributed by atoms with van der Waals surface area (Å²) in [6, 6.07) is 10.3. The smallest absolute Gasteiger partial charge is 0.0558 e. The van der Waals surface area contributed by atoms with Crippen LogP contribution >= 0.6 is 11.6 Å². The monoisotopic (exact) mass is 227 g/mol. The van der Waals surface area contributed by atoms with Crippen molar-refractivity contribution in [1.82, 2.24) is 4.90 Å². The fourth-order valence-electron chi connectivity index (χ4n) is 1.54. The molecule has 0 aliphatic heterocycles. The molecule has 0 unspecified atom stereocenters. The molecule has 0 heterocycles. The van der Waals surface area contributed by atoms with Gasteiger partial charge in [-0.3, -0.25) is 4.90 Å². The molecule has 3 heteroatoms. The second kappa shape index (κ2) is 7.69. The fourth-order valence-corrected chi connectivity index (χ4v) is 1.66. The lowest BCUT2D eigenvalue weighted by molar-refractivity contribution is 0.190. The highest BCUT2D eigenvalue weighted by Gasteiger charge is 2.04. The molecule has 0 aliphatic carbocycles. The van der Waals surface area contributed by atoms with Crippen molar-refractivity contribution in [3.8, 4) is 0 Å². The number of nitrogens with zero attached hydrogens (tertiary/aromatic N) is 1. The van der Waals surface area contributed by atoms with E-state index in [-0.39, 0.29) is 6.61 Å². The number of rotatable bonds is 7. The third-order valence-corrected chi connectivity index (χ3v) is 2.54. The van der Waals surface area contributed by atoms with E-state index in [1.165, 1.54) is 5.56 Å². The van der Waals surface area contributed by atoms with Crippen LogP contribution in [0.5, 0.6) is 0 Å². The molecule has 1 rings (SSSR count). The van der Waals surface area contributed by atoms with Gasteiger partial charge in [-0.1, -0.05) is 30.3 Å². The van der Waals surface area contributed by atoms with Crippen LogP contribution < -0.4 is 0 Å². The first-order chi connectivity index (χ1) is 7.36. The number of benzene rings is 1. The molecule has 0 bridgehead atoms. The first-order valence-corrected chi connectivity index (χ1v) is 5.83. The fraction of sp³-hybridized carbons (Fsp3) is 0.500. The van der Waals surface area contributed by atoms with Gasteiger partial charge < -0.3 is 5.11 Å². The van der Waals surface area contributed by atoms with Crippen LogP contribution in [-0.4, -0.2) is 35.6 Å². The topological polar surface area (TPSA) is 23.5 Å². The zero-order valence-electron chi connectivity index (χ0n) is 8.90. The predicted molar refractivity (Wildman–Crippen MR) is 64.1 cm³/mol. The van der Waals surface area contributed by atoms with E-state index >= 15 is 0 Å². The summed E-state index contributed by atoms with van der Waals surface area (Å²) in [4.78, 5) is 2.22. The van der Waals surface area contributed by atoms with Gasteiger partial charge in [-0.25, -0.2) is 0 Å². The molecule has 0 aliphatic rings. The Bertz CT molecular complexity index is 253. The Morgan fingerprint density at radius 3 is 2.47 bits per heavy atom. The highest BCUT2D eigenvalue weighted by Crippen LogP contribution is 2.04. The van der Waals surface area contributed by atoms with E-state index in [0.717, 1.165) is 19.5 Å². The van der Waals surface area contributed by atoms with Crippen LogP contribution in [-0.2, 0) is 6.54 Å². The third-order valence-electron chi connectivity index (χ3n) is 2.27. The summed E-state index contributed by atoms with van der Waals surface area (Å²) < 4.78 is 0. The molecule has 0 saturated carbocycles. The van der Waals surface area contributed by atoms with Crippen molar-refractivity contribution in [2.24, 2.45) is 0 Å². The summed E-state index contributed by atoms with van der Waals surface area (Å²) >= 11 is 5.66. The van der Waals surface area contributed by atoms with Gasteiger partial charge in [-0.2, -0.15) is 0 Å². The summed E-state index contributed by atoms with van der Waals surface area (Å²) in [6.07, 6.45) is 0.967. The molecule has 0 spiro atoms. The maximum Gasteiger partial charge on any atom is 0.0558 e. The van der Waals surface area contributed by atoms with Gasteiger partial charge in [0.2, 0.25) is 0 Å². The summed E-state index contributed by atoms with van der Waals surface area (Å²) in [5, 5.41) is 8.94. The first-order valence-electron chi connectivity index (χ1n) is 5.30. The van der Waals surface area contributed by atoms with Gasteiger partial charge in [0.25, 0.3) is 0 Å².